The van der Waals surface area contributed by atoms with E-state index in [9.17, 15) is 19.2 Å². The van der Waals surface area contributed by atoms with E-state index < -0.39 is 29.7 Å². The van der Waals surface area contributed by atoms with Gasteiger partial charge in [-0.1, -0.05) is 53.5 Å². The lowest BCUT2D eigenvalue weighted by molar-refractivity contribution is -0.138. The largest absolute Gasteiger partial charge is 0.489 e. The van der Waals surface area contributed by atoms with Gasteiger partial charge in [-0.3, -0.25) is 24.5 Å². The van der Waals surface area contributed by atoms with Gasteiger partial charge in [-0.25, -0.2) is 0 Å². The number of nitrogens with two attached hydrogens (primary N) is 1. The molecule has 0 aliphatic heterocycles. The van der Waals surface area contributed by atoms with Crippen LogP contribution in [0.1, 0.15) is 48.0 Å². The molecule has 0 bridgehead atoms. The molecule has 2 aromatic rings. The van der Waals surface area contributed by atoms with Crippen molar-refractivity contribution in [1.29, 1.82) is 0 Å². The number of ether oxygens (including phenoxy) is 1. The van der Waals surface area contributed by atoms with Gasteiger partial charge in [0.15, 0.2) is 5.78 Å². The Bertz CT molecular complexity index is 1090. The second-order valence-electron chi connectivity index (χ2n) is 8.08. The van der Waals surface area contributed by atoms with E-state index in [0.29, 0.717) is 30.6 Å². The molecule has 2 aromatic carbocycles. The minimum absolute atomic E-state index is 0.0626. The monoisotopic (exact) mass is 506 g/mol. The third-order valence-corrected chi connectivity index (χ3v) is 6.50. The molecule has 1 aliphatic rings. The Morgan fingerprint density at radius 1 is 1.06 bits per heavy atom. The van der Waals surface area contributed by atoms with Crippen molar-refractivity contribution in [2.45, 2.75) is 44.2 Å². The topological polar surface area (TPSA) is 136 Å². The molecular weight excluding hydrogens is 483 g/mol. The normalized spacial score (nSPS) is 18.2. The van der Waals surface area contributed by atoms with Crippen LogP contribution < -0.4 is 15.8 Å². The zero-order chi connectivity index (χ0) is 24.8. The summed E-state index contributed by atoms with van der Waals surface area (Å²) in [6.07, 6.45) is 0.895. The number of carbonyl (C=O) groups excluding carboxylic acids is 3. The van der Waals surface area contributed by atoms with Crippen LogP contribution in [0.15, 0.2) is 42.5 Å². The molecule has 8 nitrogen and oxygen atoms in total. The fourth-order valence-electron chi connectivity index (χ4n) is 3.72. The maximum Gasteiger partial charge on any atom is 0.320 e. The summed E-state index contributed by atoms with van der Waals surface area (Å²) in [5, 5.41) is 11.2. The van der Waals surface area contributed by atoms with E-state index >= 15 is 0 Å². The minimum atomic E-state index is -1.20. The summed E-state index contributed by atoms with van der Waals surface area (Å²) in [6.45, 7) is 0. The molecule has 0 heterocycles. The molecule has 34 heavy (non-hydrogen) atoms. The Hall–Kier alpha value is -2.94. The van der Waals surface area contributed by atoms with E-state index in [-0.39, 0.29) is 40.3 Å². The Labute approximate surface area is 206 Å². The number of nitrogens with one attached hydrogen (secondary N) is 1. The second kappa shape index (κ2) is 11.5. The van der Waals surface area contributed by atoms with Crippen molar-refractivity contribution in [1.82, 2.24) is 5.32 Å². The Morgan fingerprint density at radius 3 is 2.44 bits per heavy atom. The van der Waals surface area contributed by atoms with Crippen LogP contribution in [-0.4, -0.2) is 40.8 Å². The smallest absolute Gasteiger partial charge is 0.320 e. The van der Waals surface area contributed by atoms with Crippen LogP contribution in [0.5, 0.6) is 5.75 Å². The Balaban J connectivity index is 1.56. The standard InChI is InChI=1S/C24H24Cl2N2O6/c25-20-16(22(30)13-4-2-1-3-5-13)8-10-18(21(20)26)34-15-7-6-14(12-15)23(31)28-19(29)11-9-17(27)24(32)33/h1-5,8,10,14-15,17H,6-7,9,11-12,27H2,(H,32,33)(H,28,29,31)/t14-,15-,17?/m0/s1. The van der Waals surface area contributed by atoms with Crippen molar-refractivity contribution in [3.05, 3.63) is 63.6 Å². The molecule has 10 heteroatoms. The van der Waals surface area contributed by atoms with Gasteiger partial charge < -0.3 is 15.6 Å². The molecule has 3 rings (SSSR count). The van der Waals surface area contributed by atoms with Gasteiger partial charge in [-0.2, -0.15) is 0 Å². The molecule has 0 saturated heterocycles. The van der Waals surface area contributed by atoms with E-state index in [1.54, 1.807) is 36.4 Å². The van der Waals surface area contributed by atoms with Crippen LogP contribution in [0, 0.1) is 5.92 Å². The van der Waals surface area contributed by atoms with Gasteiger partial charge in [-0.15, -0.1) is 0 Å². The minimum Gasteiger partial charge on any atom is -0.489 e. The highest BCUT2D eigenvalue weighted by Gasteiger charge is 2.33. The average molecular weight is 507 g/mol. The van der Waals surface area contributed by atoms with Gasteiger partial charge in [0.2, 0.25) is 11.8 Å². The first-order valence-electron chi connectivity index (χ1n) is 10.7. The number of carboxylic acid groups (broad SMARTS) is 1. The maximum absolute atomic E-state index is 12.7. The summed E-state index contributed by atoms with van der Waals surface area (Å²) in [6, 6.07) is 10.7. The lowest BCUT2D eigenvalue weighted by Gasteiger charge is -2.17. The van der Waals surface area contributed by atoms with Gasteiger partial charge in [0, 0.05) is 23.5 Å². The molecule has 180 valence electrons. The van der Waals surface area contributed by atoms with Gasteiger partial charge in [0.05, 0.1) is 11.1 Å². The molecule has 4 N–H and O–H groups in total. The third-order valence-electron chi connectivity index (χ3n) is 5.64. The summed E-state index contributed by atoms with van der Waals surface area (Å²) in [4.78, 5) is 47.7. The molecule has 0 radical (unpaired) electrons. The zero-order valence-electron chi connectivity index (χ0n) is 18.1. The van der Waals surface area contributed by atoms with Gasteiger partial charge in [0.25, 0.3) is 0 Å². The van der Waals surface area contributed by atoms with Gasteiger partial charge >= 0.3 is 5.97 Å². The molecule has 2 amide bonds. The van der Waals surface area contributed by atoms with Crippen molar-refractivity contribution in [3.8, 4) is 5.75 Å². The summed E-state index contributed by atoms with van der Waals surface area (Å²) in [5.41, 5.74) is 6.11. The third kappa shape index (κ3) is 6.34. The maximum atomic E-state index is 12.7. The van der Waals surface area contributed by atoms with Crippen LogP contribution in [0.4, 0.5) is 0 Å². The Kier molecular flexibility index (Phi) is 8.66. The molecule has 3 atom stereocenters. The van der Waals surface area contributed by atoms with Crippen molar-refractivity contribution < 1.29 is 29.0 Å². The van der Waals surface area contributed by atoms with Crippen LogP contribution in [0.3, 0.4) is 0 Å². The van der Waals surface area contributed by atoms with Gasteiger partial charge in [-0.05, 0) is 37.8 Å². The molecular formula is C24H24Cl2N2O6. The number of rotatable bonds is 9. The van der Waals surface area contributed by atoms with Gasteiger partial charge in [0.1, 0.15) is 16.8 Å². The van der Waals surface area contributed by atoms with E-state index in [4.69, 9.17) is 38.8 Å². The fourth-order valence-corrected chi connectivity index (χ4v) is 4.17. The van der Waals surface area contributed by atoms with E-state index in [1.165, 1.54) is 0 Å². The number of halogens is 2. The summed E-state index contributed by atoms with van der Waals surface area (Å²) < 4.78 is 5.94. The quantitative estimate of drug-likeness (QED) is 0.441. The molecule has 0 aromatic heterocycles. The Morgan fingerprint density at radius 2 is 1.76 bits per heavy atom. The van der Waals surface area contributed by atoms with Crippen molar-refractivity contribution in [3.63, 3.8) is 0 Å². The lowest BCUT2D eigenvalue weighted by atomic mass is 10.0. The van der Waals surface area contributed by atoms with Crippen molar-refractivity contribution in [2.75, 3.05) is 0 Å². The fraction of sp³-hybridized carbons (Fsp3) is 0.333. The number of hydrogen-bond acceptors (Lipinski definition) is 6. The second-order valence-corrected chi connectivity index (χ2v) is 8.84. The van der Waals surface area contributed by atoms with Crippen molar-refractivity contribution >= 4 is 46.8 Å². The number of hydrogen-bond donors (Lipinski definition) is 3. The molecule has 1 fully saturated rings. The molecule has 1 unspecified atom stereocenters. The number of carbonyl (C=O) groups is 4. The molecule has 1 aliphatic carbocycles. The van der Waals surface area contributed by atoms with Crippen molar-refractivity contribution in [2.24, 2.45) is 11.7 Å². The lowest BCUT2D eigenvalue weighted by Crippen LogP contribution is -2.37. The number of carboxylic acids is 1. The first-order chi connectivity index (χ1) is 16.2. The highest BCUT2D eigenvalue weighted by Crippen LogP contribution is 2.38. The van der Waals surface area contributed by atoms with Crippen LogP contribution in [-0.2, 0) is 14.4 Å². The number of amides is 2. The predicted molar refractivity (Wildman–Crippen MR) is 126 cm³/mol. The number of benzene rings is 2. The summed E-state index contributed by atoms with van der Waals surface area (Å²) >= 11 is 12.7. The zero-order valence-corrected chi connectivity index (χ0v) is 19.6. The molecule has 0 spiro atoms. The predicted octanol–water partition coefficient (Wildman–Crippen LogP) is 3.61. The van der Waals surface area contributed by atoms with Crippen LogP contribution in [0.2, 0.25) is 10.0 Å². The number of aliphatic carboxylic acids is 1. The van der Waals surface area contributed by atoms with E-state index in [1.807, 2.05) is 6.07 Å². The van der Waals surface area contributed by atoms with Crippen LogP contribution >= 0.6 is 23.2 Å². The molecule has 1 saturated carbocycles. The summed E-state index contributed by atoms with van der Waals surface area (Å²) in [5.74, 6) is -2.60. The SMILES string of the molecule is NC(CCC(=O)NC(=O)[C@H]1CC[C@H](Oc2ccc(C(=O)c3ccccc3)c(Cl)c2Cl)C1)C(=O)O. The number of imide groups is 1. The highest BCUT2D eigenvalue weighted by atomic mass is 35.5. The van der Waals surface area contributed by atoms with E-state index in [2.05, 4.69) is 5.32 Å². The first kappa shape index (κ1) is 25.7. The summed E-state index contributed by atoms with van der Waals surface area (Å²) in [7, 11) is 0. The van der Waals surface area contributed by atoms with E-state index in [0.717, 1.165) is 0 Å². The highest BCUT2D eigenvalue weighted by molar-refractivity contribution is 6.45. The first-order valence-corrected chi connectivity index (χ1v) is 11.5. The van der Waals surface area contributed by atoms with Crippen LogP contribution in [0.25, 0.3) is 0 Å². The number of ketones is 1. The average Bonchev–Trinajstić information content (AvgIpc) is 3.29.